The second-order valence-electron chi connectivity index (χ2n) is 2.61. The summed E-state index contributed by atoms with van der Waals surface area (Å²) in [7, 11) is 0. The molecule has 0 saturated heterocycles. The fourth-order valence-electron chi connectivity index (χ4n) is 0.864. The molecular formula is C6H12IN. The molecule has 1 fully saturated rings. The topological polar surface area (TPSA) is 26.0 Å². The molecule has 2 N–H and O–H groups in total. The first-order valence-electron chi connectivity index (χ1n) is 3.12. The molecule has 48 valence electrons. The lowest BCUT2D eigenvalue weighted by atomic mass is 10.1. The zero-order valence-electron chi connectivity index (χ0n) is 5.15. The van der Waals surface area contributed by atoms with Crippen molar-refractivity contribution < 1.29 is 0 Å². The average molecular weight is 225 g/mol. The third-order valence-corrected chi connectivity index (χ3v) is 3.93. The second kappa shape index (κ2) is 2.14. The van der Waals surface area contributed by atoms with Crippen LogP contribution in [0.25, 0.3) is 0 Å². The van der Waals surface area contributed by atoms with Gasteiger partial charge in [0.1, 0.15) is 0 Å². The first-order valence-corrected chi connectivity index (χ1v) is 4.36. The van der Waals surface area contributed by atoms with Crippen LogP contribution in [0.5, 0.6) is 0 Å². The van der Waals surface area contributed by atoms with Crippen LogP contribution in [0.1, 0.15) is 26.2 Å². The van der Waals surface area contributed by atoms with Gasteiger partial charge in [0.25, 0.3) is 0 Å². The van der Waals surface area contributed by atoms with Crippen LogP contribution in [0.4, 0.5) is 0 Å². The Bertz CT molecular complexity index is 88.5. The molecule has 0 heterocycles. The van der Waals surface area contributed by atoms with Gasteiger partial charge < -0.3 is 5.73 Å². The fourth-order valence-corrected chi connectivity index (χ4v) is 1.49. The summed E-state index contributed by atoms with van der Waals surface area (Å²) in [6.45, 7) is 2.20. The summed E-state index contributed by atoms with van der Waals surface area (Å²) in [5.41, 5.74) is 6.14. The Balaban J connectivity index is 2.34. The van der Waals surface area contributed by atoms with Crippen molar-refractivity contribution in [3.63, 3.8) is 0 Å². The van der Waals surface area contributed by atoms with E-state index in [4.69, 9.17) is 5.73 Å². The SMILES string of the molecule is CCC(I)C1(N)CC1. The molecule has 2 heteroatoms. The molecule has 1 nitrogen and oxygen atoms in total. The number of rotatable bonds is 2. The van der Waals surface area contributed by atoms with Crippen molar-refractivity contribution in [2.24, 2.45) is 5.73 Å². The van der Waals surface area contributed by atoms with Gasteiger partial charge in [-0.2, -0.15) is 0 Å². The number of hydrogen-bond acceptors (Lipinski definition) is 1. The van der Waals surface area contributed by atoms with Crippen molar-refractivity contribution in [3.8, 4) is 0 Å². The molecule has 0 bridgehead atoms. The van der Waals surface area contributed by atoms with Crippen molar-refractivity contribution in [2.45, 2.75) is 35.6 Å². The van der Waals surface area contributed by atoms with Crippen molar-refractivity contribution in [3.05, 3.63) is 0 Å². The molecule has 0 aromatic rings. The number of nitrogens with two attached hydrogens (primary N) is 1. The zero-order chi connectivity index (χ0) is 6.20. The maximum Gasteiger partial charge on any atom is 0.0287 e. The zero-order valence-corrected chi connectivity index (χ0v) is 7.31. The quantitative estimate of drug-likeness (QED) is 0.561. The highest BCUT2D eigenvalue weighted by atomic mass is 127. The maximum absolute atomic E-state index is 5.89. The van der Waals surface area contributed by atoms with Crippen LogP contribution in [0, 0.1) is 0 Å². The van der Waals surface area contributed by atoms with Gasteiger partial charge in [-0.05, 0) is 19.3 Å². The van der Waals surface area contributed by atoms with Gasteiger partial charge >= 0.3 is 0 Å². The first kappa shape index (κ1) is 6.81. The van der Waals surface area contributed by atoms with Crippen molar-refractivity contribution in [2.75, 3.05) is 0 Å². The molecule has 0 aromatic carbocycles. The molecule has 8 heavy (non-hydrogen) atoms. The molecule has 1 aliphatic rings. The Hall–Kier alpha value is 0.690. The highest BCUT2D eigenvalue weighted by Crippen LogP contribution is 2.40. The predicted octanol–water partition coefficient (Wildman–Crippen LogP) is 1.69. The molecule has 0 spiro atoms. The summed E-state index contributed by atoms with van der Waals surface area (Å²) in [4.78, 5) is 0. The molecule has 1 atom stereocenters. The molecular weight excluding hydrogens is 213 g/mol. The van der Waals surface area contributed by atoms with E-state index in [2.05, 4.69) is 29.5 Å². The highest BCUT2D eigenvalue weighted by molar-refractivity contribution is 14.1. The largest absolute Gasteiger partial charge is 0.324 e. The van der Waals surface area contributed by atoms with Gasteiger partial charge in [-0.3, -0.25) is 0 Å². The second-order valence-corrected chi connectivity index (χ2v) is 4.11. The van der Waals surface area contributed by atoms with E-state index >= 15 is 0 Å². The van der Waals surface area contributed by atoms with Crippen LogP contribution in [-0.4, -0.2) is 9.46 Å². The lowest BCUT2D eigenvalue weighted by molar-refractivity contribution is 0.635. The molecule has 0 aromatic heterocycles. The van der Waals surface area contributed by atoms with E-state index < -0.39 is 0 Å². The standard InChI is InChI=1S/C6H12IN/c1-2-5(7)6(8)3-4-6/h5H,2-4,8H2,1H3. The van der Waals surface area contributed by atoms with Gasteiger partial charge in [-0.1, -0.05) is 29.5 Å². The van der Waals surface area contributed by atoms with E-state index in [1.165, 1.54) is 19.3 Å². The molecule has 0 amide bonds. The lowest BCUT2D eigenvalue weighted by Crippen LogP contribution is -2.32. The molecule has 1 rings (SSSR count). The van der Waals surface area contributed by atoms with E-state index in [9.17, 15) is 0 Å². The molecule has 0 radical (unpaired) electrons. The van der Waals surface area contributed by atoms with Crippen molar-refractivity contribution in [1.82, 2.24) is 0 Å². The van der Waals surface area contributed by atoms with Gasteiger partial charge in [0.05, 0.1) is 0 Å². The summed E-state index contributed by atoms with van der Waals surface area (Å²) in [6.07, 6.45) is 3.71. The fraction of sp³-hybridized carbons (Fsp3) is 1.00. The number of halogens is 1. The summed E-state index contributed by atoms with van der Waals surface area (Å²) in [5, 5.41) is 0. The Morgan fingerprint density at radius 3 is 2.38 bits per heavy atom. The average Bonchev–Trinajstić information content (AvgIpc) is 2.47. The van der Waals surface area contributed by atoms with Crippen LogP contribution in [0.2, 0.25) is 0 Å². The smallest absolute Gasteiger partial charge is 0.0287 e. The van der Waals surface area contributed by atoms with Crippen molar-refractivity contribution in [1.29, 1.82) is 0 Å². The van der Waals surface area contributed by atoms with Crippen LogP contribution in [-0.2, 0) is 0 Å². The Morgan fingerprint density at radius 1 is 1.75 bits per heavy atom. The molecule has 1 saturated carbocycles. The van der Waals surface area contributed by atoms with Gasteiger partial charge in [0, 0.05) is 9.46 Å². The summed E-state index contributed by atoms with van der Waals surface area (Å²) in [5.74, 6) is 0. The lowest BCUT2D eigenvalue weighted by Gasteiger charge is -2.13. The predicted molar refractivity (Wildman–Crippen MR) is 44.3 cm³/mol. The molecule has 1 aliphatic carbocycles. The number of alkyl halides is 1. The van der Waals surface area contributed by atoms with E-state index in [0.29, 0.717) is 3.92 Å². The van der Waals surface area contributed by atoms with Gasteiger partial charge in [-0.15, -0.1) is 0 Å². The summed E-state index contributed by atoms with van der Waals surface area (Å²) < 4.78 is 0.708. The van der Waals surface area contributed by atoms with E-state index in [1.54, 1.807) is 0 Å². The van der Waals surface area contributed by atoms with E-state index in [-0.39, 0.29) is 5.54 Å². The van der Waals surface area contributed by atoms with Gasteiger partial charge in [-0.25, -0.2) is 0 Å². The maximum atomic E-state index is 5.89. The monoisotopic (exact) mass is 225 g/mol. The normalized spacial score (nSPS) is 27.4. The summed E-state index contributed by atoms with van der Waals surface area (Å²) in [6, 6.07) is 0. The van der Waals surface area contributed by atoms with Gasteiger partial charge in [0.2, 0.25) is 0 Å². The van der Waals surface area contributed by atoms with Crippen LogP contribution in [0.3, 0.4) is 0 Å². The van der Waals surface area contributed by atoms with Gasteiger partial charge in [0.15, 0.2) is 0 Å². The Kier molecular flexibility index (Phi) is 1.82. The molecule has 1 unspecified atom stereocenters. The molecule has 0 aliphatic heterocycles. The Labute approximate surface area is 64.2 Å². The number of hydrogen-bond donors (Lipinski definition) is 1. The van der Waals surface area contributed by atoms with E-state index in [1.807, 2.05) is 0 Å². The Morgan fingerprint density at radius 2 is 2.25 bits per heavy atom. The van der Waals surface area contributed by atoms with Crippen LogP contribution < -0.4 is 5.73 Å². The third-order valence-electron chi connectivity index (χ3n) is 1.81. The third kappa shape index (κ3) is 1.16. The minimum Gasteiger partial charge on any atom is -0.324 e. The first-order chi connectivity index (χ1) is 3.69. The summed E-state index contributed by atoms with van der Waals surface area (Å²) >= 11 is 2.45. The van der Waals surface area contributed by atoms with Crippen LogP contribution in [0.15, 0.2) is 0 Å². The highest BCUT2D eigenvalue weighted by Gasteiger charge is 2.43. The minimum atomic E-state index is 0.245. The van der Waals surface area contributed by atoms with E-state index in [0.717, 1.165) is 0 Å². The van der Waals surface area contributed by atoms with Crippen LogP contribution >= 0.6 is 22.6 Å². The minimum absolute atomic E-state index is 0.245. The van der Waals surface area contributed by atoms with Crippen molar-refractivity contribution >= 4 is 22.6 Å².